The molecule has 0 spiro atoms. The van der Waals surface area contributed by atoms with Crippen LogP contribution in [-0.2, 0) is 0 Å². The number of phenols is 1. The molecule has 3 rings (SSSR count). The summed E-state index contributed by atoms with van der Waals surface area (Å²) < 4.78 is 0.678. The summed E-state index contributed by atoms with van der Waals surface area (Å²) in [6.07, 6.45) is -0.275. The van der Waals surface area contributed by atoms with E-state index in [-0.39, 0.29) is 23.5 Å². The Bertz CT molecular complexity index is 915. The molecule has 1 N–H and O–H groups in total. The summed E-state index contributed by atoms with van der Waals surface area (Å²) >= 11 is 3.25. The van der Waals surface area contributed by atoms with E-state index in [0.717, 1.165) is 10.8 Å². The van der Waals surface area contributed by atoms with Gasteiger partial charge in [0.2, 0.25) is 0 Å². The number of rotatable bonds is 4. The van der Waals surface area contributed by atoms with Gasteiger partial charge in [-0.05, 0) is 35.0 Å². The van der Waals surface area contributed by atoms with E-state index in [2.05, 4.69) is 15.9 Å². The number of carbonyl (C=O) groups excluding carboxylic acids is 2. The minimum atomic E-state index is -0.401. The van der Waals surface area contributed by atoms with E-state index in [9.17, 15) is 14.7 Å². The average Bonchev–Trinajstić information content (AvgIpc) is 2.56. The second-order valence-corrected chi connectivity index (χ2v) is 6.16. The van der Waals surface area contributed by atoms with Gasteiger partial charge < -0.3 is 5.11 Å². The first-order valence-electron chi connectivity index (χ1n) is 7.08. The van der Waals surface area contributed by atoms with Crippen molar-refractivity contribution in [3.05, 3.63) is 76.3 Å². The lowest BCUT2D eigenvalue weighted by Crippen LogP contribution is -2.09. The van der Waals surface area contributed by atoms with Gasteiger partial charge in [-0.2, -0.15) is 0 Å². The van der Waals surface area contributed by atoms with Gasteiger partial charge in [0.15, 0.2) is 11.6 Å². The molecule has 3 aromatic carbocycles. The monoisotopic (exact) mass is 368 g/mol. The zero-order valence-corrected chi connectivity index (χ0v) is 13.7. The fraction of sp³-hybridized carbons (Fsp3) is 0.0526. The number of benzene rings is 3. The van der Waals surface area contributed by atoms with Crippen LogP contribution in [0.2, 0.25) is 0 Å². The van der Waals surface area contributed by atoms with Crippen LogP contribution in [0.3, 0.4) is 0 Å². The largest absolute Gasteiger partial charge is 0.507 e. The summed E-state index contributed by atoms with van der Waals surface area (Å²) in [7, 11) is 0. The lowest BCUT2D eigenvalue weighted by Gasteiger charge is -2.05. The number of aromatic hydroxyl groups is 1. The summed E-state index contributed by atoms with van der Waals surface area (Å²) in [5.41, 5.74) is 0.639. The molecule has 0 heterocycles. The highest BCUT2D eigenvalue weighted by Crippen LogP contribution is 2.24. The molecule has 4 heteroatoms. The third kappa shape index (κ3) is 3.32. The van der Waals surface area contributed by atoms with Gasteiger partial charge in [0, 0.05) is 10.0 Å². The zero-order valence-electron chi connectivity index (χ0n) is 12.1. The quantitative estimate of drug-likeness (QED) is 0.533. The van der Waals surface area contributed by atoms with Crippen molar-refractivity contribution in [2.45, 2.75) is 6.42 Å². The van der Waals surface area contributed by atoms with E-state index < -0.39 is 5.78 Å². The SMILES string of the molecule is O=C(CC(=O)c1cc(Br)ccc1O)c1ccc2ccccc2c1. The Hall–Kier alpha value is -2.46. The Kier molecular flexibility index (Phi) is 4.26. The standard InChI is InChI=1S/C19H13BrO3/c20-15-7-8-17(21)16(10-15)19(23)11-18(22)14-6-5-12-3-1-2-4-13(12)9-14/h1-10,21H,11H2. The van der Waals surface area contributed by atoms with Crippen LogP contribution in [-0.4, -0.2) is 16.7 Å². The Morgan fingerprint density at radius 1 is 0.870 bits per heavy atom. The Balaban J connectivity index is 1.85. The van der Waals surface area contributed by atoms with E-state index in [1.807, 2.05) is 30.3 Å². The third-order valence-corrected chi connectivity index (χ3v) is 4.14. The van der Waals surface area contributed by atoms with Gasteiger partial charge in [-0.15, -0.1) is 0 Å². The van der Waals surface area contributed by atoms with Crippen LogP contribution in [0, 0.1) is 0 Å². The Morgan fingerprint density at radius 2 is 1.61 bits per heavy atom. The molecule has 23 heavy (non-hydrogen) atoms. The van der Waals surface area contributed by atoms with Gasteiger partial charge >= 0.3 is 0 Å². The number of fused-ring (bicyclic) bond motifs is 1. The summed E-state index contributed by atoms with van der Waals surface area (Å²) in [6, 6.07) is 17.7. The normalized spacial score (nSPS) is 10.7. The maximum Gasteiger partial charge on any atom is 0.174 e. The predicted octanol–water partition coefficient (Wildman–Crippen LogP) is 4.76. The number of hydrogen-bond acceptors (Lipinski definition) is 3. The van der Waals surface area contributed by atoms with Crippen molar-refractivity contribution in [1.29, 1.82) is 0 Å². The maximum absolute atomic E-state index is 12.4. The number of ketones is 2. The molecule has 3 aromatic rings. The fourth-order valence-electron chi connectivity index (χ4n) is 2.44. The number of halogens is 1. The third-order valence-electron chi connectivity index (χ3n) is 3.65. The molecule has 0 bridgehead atoms. The van der Waals surface area contributed by atoms with Crippen molar-refractivity contribution < 1.29 is 14.7 Å². The number of phenolic OH excluding ortho intramolecular Hbond substituents is 1. The molecule has 0 unspecified atom stereocenters. The molecule has 0 atom stereocenters. The van der Waals surface area contributed by atoms with Gasteiger partial charge in [0.1, 0.15) is 5.75 Å². The van der Waals surface area contributed by atoms with Crippen molar-refractivity contribution in [1.82, 2.24) is 0 Å². The second-order valence-electron chi connectivity index (χ2n) is 5.25. The molecule has 3 nitrogen and oxygen atoms in total. The lowest BCUT2D eigenvalue weighted by atomic mass is 9.99. The number of hydrogen-bond donors (Lipinski definition) is 1. The first-order chi connectivity index (χ1) is 11.0. The van der Waals surface area contributed by atoms with Gasteiger partial charge in [-0.25, -0.2) is 0 Å². The van der Waals surface area contributed by atoms with Gasteiger partial charge in [0.25, 0.3) is 0 Å². The molecule has 0 radical (unpaired) electrons. The highest BCUT2D eigenvalue weighted by molar-refractivity contribution is 9.10. The molecule has 0 aromatic heterocycles. The molecule has 114 valence electrons. The van der Waals surface area contributed by atoms with E-state index in [1.54, 1.807) is 18.2 Å². The summed E-state index contributed by atoms with van der Waals surface area (Å²) in [5, 5.41) is 11.8. The van der Waals surface area contributed by atoms with Crippen LogP contribution in [0.15, 0.2) is 65.1 Å². The Morgan fingerprint density at radius 3 is 2.39 bits per heavy atom. The van der Waals surface area contributed by atoms with Crippen molar-refractivity contribution in [3.8, 4) is 5.75 Å². The van der Waals surface area contributed by atoms with E-state index in [0.29, 0.717) is 10.0 Å². The van der Waals surface area contributed by atoms with Gasteiger partial charge in [0.05, 0.1) is 12.0 Å². The Labute approximate surface area is 141 Å². The van der Waals surface area contributed by atoms with Crippen LogP contribution in [0.1, 0.15) is 27.1 Å². The topological polar surface area (TPSA) is 54.4 Å². The summed E-state index contributed by atoms with van der Waals surface area (Å²) in [5.74, 6) is -0.786. The summed E-state index contributed by atoms with van der Waals surface area (Å²) in [6.45, 7) is 0. The van der Waals surface area contributed by atoms with E-state index >= 15 is 0 Å². The molecule has 0 aliphatic heterocycles. The van der Waals surface area contributed by atoms with Crippen LogP contribution in [0.25, 0.3) is 10.8 Å². The zero-order chi connectivity index (χ0) is 16.4. The fourth-order valence-corrected chi connectivity index (χ4v) is 2.80. The second kappa shape index (κ2) is 6.34. The number of Topliss-reactive ketones (excluding diaryl/α,β-unsaturated/α-hetero) is 2. The minimum Gasteiger partial charge on any atom is -0.507 e. The van der Waals surface area contributed by atoms with Crippen LogP contribution < -0.4 is 0 Å². The molecule has 0 saturated heterocycles. The van der Waals surface area contributed by atoms with Gasteiger partial charge in [-0.3, -0.25) is 9.59 Å². The molecule has 0 amide bonds. The van der Waals surface area contributed by atoms with E-state index in [4.69, 9.17) is 0 Å². The first kappa shape index (κ1) is 15.4. The molecule has 0 aliphatic carbocycles. The highest BCUT2D eigenvalue weighted by Gasteiger charge is 2.17. The highest BCUT2D eigenvalue weighted by atomic mass is 79.9. The maximum atomic E-state index is 12.4. The molecule has 0 aliphatic rings. The molecular weight excluding hydrogens is 356 g/mol. The van der Waals surface area contributed by atoms with Crippen molar-refractivity contribution >= 4 is 38.3 Å². The van der Waals surface area contributed by atoms with Crippen LogP contribution >= 0.6 is 15.9 Å². The minimum absolute atomic E-state index is 0.121. The predicted molar refractivity (Wildman–Crippen MR) is 93.0 cm³/mol. The lowest BCUT2D eigenvalue weighted by molar-refractivity contribution is 0.0893. The van der Waals surface area contributed by atoms with Crippen molar-refractivity contribution in [2.75, 3.05) is 0 Å². The smallest absolute Gasteiger partial charge is 0.174 e. The van der Waals surface area contributed by atoms with Crippen LogP contribution in [0.5, 0.6) is 5.75 Å². The molecular formula is C19H13BrO3. The van der Waals surface area contributed by atoms with Gasteiger partial charge in [-0.1, -0.05) is 52.3 Å². The molecule has 0 fully saturated rings. The average molecular weight is 369 g/mol. The number of carbonyl (C=O) groups is 2. The van der Waals surface area contributed by atoms with E-state index in [1.165, 1.54) is 12.1 Å². The van der Waals surface area contributed by atoms with Crippen molar-refractivity contribution in [3.63, 3.8) is 0 Å². The first-order valence-corrected chi connectivity index (χ1v) is 7.87. The van der Waals surface area contributed by atoms with Crippen LogP contribution in [0.4, 0.5) is 0 Å². The van der Waals surface area contributed by atoms with Crippen molar-refractivity contribution in [2.24, 2.45) is 0 Å². The molecule has 0 saturated carbocycles. The summed E-state index contributed by atoms with van der Waals surface area (Å²) in [4.78, 5) is 24.6.